The van der Waals surface area contributed by atoms with Gasteiger partial charge in [-0.05, 0) is 25.0 Å². The Hall–Kier alpha value is -0.140. The molecule has 0 saturated carbocycles. The van der Waals surface area contributed by atoms with Gasteiger partial charge in [-0.1, -0.05) is 11.6 Å². The zero-order valence-corrected chi connectivity index (χ0v) is 11.3. The van der Waals surface area contributed by atoms with E-state index in [9.17, 15) is 8.42 Å². The number of sulfonamides is 1. The van der Waals surface area contributed by atoms with Crippen molar-refractivity contribution in [3.63, 3.8) is 0 Å². The maximum Gasteiger partial charge on any atom is 0.250 e. The molecule has 0 aliphatic carbocycles. The molecule has 0 radical (unpaired) electrons. The van der Waals surface area contributed by atoms with Crippen molar-refractivity contribution < 1.29 is 13.2 Å². The molecule has 1 heterocycles. The molecule has 16 heavy (non-hydrogen) atoms. The van der Waals surface area contributed by atoms with Crippen molar-refractivity contribution in [1.29, 1.82) is 0 Å². The van der Waals surface area contributed by atoms with Gasteiger partial charge in [-0.25, -0.2) is 13.1 Å². The molecule has 0 aliphatic rings. The molecule has 1 rings (SSSR count). The lowest BCUT2D eigenvalue weighted by Crippen LogP contribution is -2.24. The first kappa shape index (κ1) is 13.9. The molecule has 0 amide bonds. The van der Waals surface area contributed by atoms with Crippen LogP contribution in [0.3, 0.4) is 0 Å². The van der Waals surface area contributed by atoms with E-state index >= 15 is 0 Å². The van der Waals surface area contributed by atoms with Crippen LogP contribution in [0.5, 0.6) is 0 Å². The zero-order valence-electron chi connectivity index (χ0n) is 8.90. The van der Waals surface area contributed by atoms with Crippen molar-refractivity contribution >= 4 is 33.0 Å². The van der Waals surface area contributed by atoms with Crippen LogP contribution in [0.25, 0.3) is 0 Å². The predicted molar refractivity (Wildman–Crippen MR) is 65.6 cm³/mol. The van der Waals surface area contributed by atoms with Crippen molar-refractivity contribution in [3.05, 3.63) is 16.5 Å². The fraction of sp³-hybridized carbons (Fsp3) is 0.556. The Kier molecular flexibility index (Phi) is 5.71. The number of hydrogen-bond donors (Lipinski definition) is 1. The predicted octanol–water partition coefficient (Wildman–Crippen LogP) is 2.11. The first-order valence-corrected chi connectivity index (χ1v) is 7.48. The van der Waals surface area contributed by atoms with Gasteiger partial charge in [0.15, 0.2) is 0 Å². The molecule has 4 nitrogen and oxygen atoms in total. The number of nitrogens with one attached hydrogen (secondary N) is 1. The van der Waals surface area contributed by atoms with Crippen molar-refractivity contribution in [2.75, 3.05) is 20.3 Å². The standard InChI is InChI=1S/C9H14ClNO3S2/c1-14-7-3-2-6-11-16(12,13)9-5-4-8(10)15-9/h4-5,11H,2-3,6-7H2,1H3. The van der Waals surface area contributed by atoms with Gasteiger partial charge in [0, 0.05) is 20.3 Å². The van der Waals surface area contributed by atoms with Crippen LogP contribution in [0.15, 0.2) is 16.3 Å². The molecule has 1 aromatic heterocycles. The molecule has 7 heteroatoms. The molecular weight excluding hydrogens is 270 g/mol. The molecule has 1 N–H and O–H groups in total. The van der Waals surface area contributed by atoms with Gasteiger partial charge < -0.3 is 4.74 Å². The maximum absolute atomic E-state index is 11.7. The summed E-state index contributed by atoms with van der Waals surface area (Å²) in [6.07, 6.45) is 1.59. The molecule has 0 spiro atoms. The molecule has 0 saturated heterocycles. The smallest absolute Gasteiger partial charge is 0.250 e. The van der Waals surface area contributed by atoms with Crippen LogP contribution in [0.1, 0.15) is 12.8 Å². The first-order valence-electron chi connectivity index (χ1n) is 4.80. The van der Waals surface area contributed by atoms with E-state index in [1.165, 1.54) is 6.07 Å². The van der Waals surface area contributed by atoms with Gasteiger partial charge in [0.05, 0.1) is 4.34 Å². The Morgan fingerprint density at radius 3 is 2.75 bits per heavy atom. The second kappa shape index (κ2) is 6.56. The van der Waals surface area contributed by atoms with Gasteiger partial charge in [-0.2, -0.15) is 0 Å². The summed E-state index contributed by atoms with van der Waals surface area (Å²) in [4.78, 5) is 0. The first-order chi connectivity index (χ1) is 7.56. The fourth-order valence-corrected chi connectivity index (χ4v) is 3.69. The van der Waals surface area contributed by atoms with Crippen LogP contribution < -0.4 is 4.72 Å². The summed E-state index contributed by atoms with van der Waals surface area (Å²) in [6.45, 7) is 1.06. The van der Waals surface area contributed by atoms with E-state index in [1.54, 1.807) is 13.2 Å². The molecule has 0 fully saturated rings. The minimum Gasteiger partial charge on any atom is -0.385 e. The van der Waals surface area contributed by atoms with Crippen LogP contribution in [0, 0.1) is 0 Å². The summed E-state index contributed by atoms with van der Waals surface area (Å²) in [5, 5.41) is 0. The quantitative estimate of drug-likeness (QED) is 0.780. The summed E-state index contributed by atoms with van der Waals surface area (Å²) in [5.41, 5.74) is 0. The van der Waals surface area contributed by atoms with Crippen LogP contribution in [-0.2, 0) is 14.8 Å². The maximum atomic E-state index is 11.7. The third-order valence-corrected chi connectivity index (χ3v) is 5.06. The second-order valence-electron chi connectivity index (χ2n) is 3.16. The number of unbranched alkanes of at least 4 members (excludes halogenated alkanes) is 1. The number of ether oxygens (including phenoxy) is 1. The SMILES string of the molecule is COCCCCNS(=O)(=O)c1ccc(Cl)s1. The van der Waals surface area contributed by atoms with Gasteiger partial charge in [-0.3, -0.25) is 0 Å². The number of halogens is 1. The summed E-state index contributed by atoms with van der Waals surface area (Å²) in [6, 6.07) is 3.08. The number of rotatable bonds is 7. The highest BCUT2D eigenvalue weighted by atomic mass is 35.5. The van der Waals surface area contributed by atoms with E-state index < -0.39 is 10.0 Å². The summed E-state index contributed by atoms with van der Waals surface area (Å²) in [5.74, 6) is 0. The van der Waals surface area contributed by atoms with Crippen molar-refractivity contribution in [1.82, 2.24) is 4.72 Å². The van der Waals surface area contributed by atoms with E-state index in [0.717, 1.165) is 24.2 Å². The van der Waals surface area contributed by atoms with Gasteiger partial charge in [0.1, 0.15) is 4.21 Å². The molecule has 0 aromatic carbocycles. The van der Waals surface area contributed by atoms with Gasteiger partial charge in [-0.15, -0.1) is 11.3 Å². The molecule has 0 aliphatic heterocycles. The van der Waals surface area contributed by atoms with Crippen LogP contribution in [0.2, 0.25) is 4.34 Å². The monoisotopic (exact) mass is 283 g/mol. The lowest BCUT2D eigenvalue weighted by atomic mass is 10.3. The molecule has 0 unspecified atom stereocenters. The Morgan fingerprint density at radius 2 is 2.19 bits per heavy atom. The van der Waals surface area contributed by atoms with E-state index in [0.29, 0.717) is 17.5 Å². The second-order valence-corrected chi connectivity index (χ2v) is 6.87. The van der Waals surface area contributed by atoms with E-state index in [-0.39, 0.29) is 4.21 Å². The highest BCUT2D eigenvalue weighted by Gasteiger charge is 2.15. The van der Waals surface area contributed by atoms with E-state index in [4.69, 9.17) is 16.3 Å². The lowest BCUT2D eigenvalue weighted by molar-refractivity contribution is 0.193. The third kappa shape index (κ3) is 4.39. The summed E-state index contributed by atoms with van der Waals surface area (Å²) < 4.78 is 31.5. The molecule has 0 bridgehead atoms. The summed E-state index contributed by atoms with van der Waals surface area (Å²) in [7, 11) is -1.76. The third-order valence-electron chi connectivity index (χ3n) is 1.88. The number of thiophene rings is 1. The average Bonchev–Trinajstić information content (AvgIpc) is 2.65. The van der Waals surface area contributed by atoms with E-state index in [2.05, 4.69) is 4.72 Å². The van der Waals surface area contributed by atoms with Crippen LogP contribution in [0.4, 0.5) is 0 Å². The van der Waals surface area contributed by atoms with Crippen LogP contribution >= 0.6 is 22.9 Å². The van der Waals surface area contributed by atoms with Crippen molar-refractivity contribution in [2.45, 2.75) is 17.1 Å². The topological polar surface area (TPSA) is 55.4 Å². The van der Waals surface area contributed by atoms with Gasteiger partial charge in [0.25, 0.3) is 0 Å². The fourth-order valence-electron chi connectivity index (χ4n) is 1.09. The number of methoxy groups -OCH3 is 1. The average molecular weight is 284 g/mol. The minimum absolute atomic E-state index is 0.254. The molecule has 0 atom stereocenters. The highest BCUT2D eigenvalue weighted by molar-refractivity contribution is 7.91. The minimum atomic E-state index is -3.38. The van der Waals surface area contributed by atoms with Gasteiger partial charge >= 0.3 is 0 Å². The molecular formula is C9H14ClNO3S2. The Morgan fingerprint density at radius 1 is 1.44 bits per heavy atom. The zero-order chi connectivity index (χ0) is 12.0. The normalized spacial score (nSPS) is 11.9. The lowest BCUT2D eigenvalue weighted by Gasteiger charge is -2.03. The Balaban J connectivity index is 2.41. The van der Waals surface area contributed by atoms with Gasteiger partial charge in [0.2, 0.25) is 10.0 Å². The Labute approximate surface area is 105 Å². The van der Waals surface area contributed by atoms with Crippen molar-refractivity contribution in [3.8, 4) is 0 Å². The molecule has 1 aromatic rings. The highest BCUT2D eigenvalue weighted by Crippen LogP contribution is 2.25. The summed E-state index contributed by atoms with van der Waals surface area (Å²) >= 11 is 6.73. The van der Waals surface area contributed by atoms with Crippen molar-refractivity contribution in [2.24, 2.45) is 0 Å². The number of hydrogen-bond acceptors (Lipinski definition) is 4. The van der Waals surface area contributed by atoms with E-state index in [1.807, 2.05) is 0 Å². The Bertz CT molecular complexity index is 416. The largest absolute Gasteiger partial charge is 0.385 e. The van der Waals surface area contributed by atoms with Crippen LogP contribution in [-0.4, -0.2) is 28.7 Å². The molecule has 92 valence electrons.